The number of ether oxygens (including phenoxy) is 4. The Morgan fingerprint density at radius 3 is 2.68 bits per heavy atom. The lowest BCUT2D eigenvalue weighted by molar-refractivity contribution is -0.532. The van der Waals surface area contributed by atoms with Gasteiger partial charge in [-0.2, -0.15) is 0 Å². The highest BCUT2D eigenvalue weighted by atomic mass is 16.8. The lowest BCUT2D eigenvalue weighted by Gasteiger charge is -2.75. The molecule has 5 aliphatic heterocycles. The Hall–Kier alpha value is -1.10. The van der Waals surface area contributed by atoms with Crippen LogP contribution in [0.4, 0.5) is 0 Å². The molecule has 9 heteroatoms. The van der Waals surface area contributed by atoms with Gasteiger partial charge >= 0.3 is 5.97 Å². The highest BCUT2D eigenvalue weighted by molar-refractivity contribution is 5.88. The number of esters is 1. The van der Waals surface area contributed by atoms with Crippen LogP contribution >= 0.6 is 0 Å². The van der Waals surface area contributed by atoms with Gasteiger partial charge in [0.15, 0.2) is 17.2 Å². The Kier molecular flexibility index (Phi) is 3.76. The topological polar surface area (TPSA) is 132 Å². The number of rotatable bonds is 3. The number of carbonyl (C=O) groups excluding carboxylic acids is 2. The third-order valence-electron chi connectivity index (χ3n) is 9.62. The summed E-state index contributed by atoms with van der Waals surface area (Å²) in [4.78, 5) is 26.7. The number of hydrogen-bond donors (Lipinski definition) is 3. The van der Waals surface area contributed by atoms with E-state index in [1.807, 2.05) is 6.92 Å². The van der Waals surface area contributed by atoms with Crippen molar-refractivity contribution in [2.24, 2.45) is 35.0 Å². The molecule has 0 radical (unpaired) electrons. The number of carbonyl (C=O) groups is 2. The van der Waals surface area contributed by atoms with Gasteiger partial charge in [0.25, 0.3) is 0 Å². The number of Topliss-reactive ketones (excluding diaryl/α,β-unsaturated/α-hetero) is 1. The van der Waals surface area contributed by atoms with Crippen molar-refractivity contribution in [1.29, 1.82) is 0 Å². The molecule has 7 fully saturated rings. The van der Waals surface area contributed by atoms with Crippen LogP contribution in [0.3, 0.4) is 0 Å². The van der Waals surface area contributed by atoms with E-state index < -0.39 is 70.0 Å². The molecule has 3 N–H and O–H groups in total. The zero-order valence-corrected chi connectivity index (χ0v) is 18.0. The van der Waals surface area contributed by atoms with Crippen LogP contribution in [0.1, 0.15) is 46.5 Å². The number of hydrogen-bond acceptors (Lipinski definition) is 9. The molecular formula is C22H30O9. The summed E-state index contributed by atoms with van der Waals surface area (Å²) in [5.41, 5.74) is -2.66. The predicted molar refractivity (Wildman–Crippen MR) is 101 cm³/mol. The molecule has 11 atom stereocenters. The Morgan fingerprint density at radius 2 is 2.03 bits per heavy atom. The molecule has 0 amide bonds. The van der Waals surface area contributed by atoms with Crippen LogP contribution < -0.4 is 0 Å². The lowest BCUT2D eigenvalue weighted by atomic mass is 9.38. The van der Waals surface area contributed by atoms with Crippen molar-refractivity contribution in [3.05, 3.63) is 0 Å². The summed E-state index contributed by atoms with van der Waals surface area (Å²) in [7, 11) is 0. The average molecular weight is 438 g/mol. The maximum absolute atomic E-state index is 13.8. The van der Waals surface area contributed by atoms with Crippen LogP contribution in [0.15, 0.2) is 0 Å². The summed E-state index contributed by atoms with van der Waals surface area (Å²) in [6, 6.07) is 0. The van der Waals surface area contributed by atoms with E-state index in [1.54, 1.807) is 13.8 Å². The Labute approximate surface area is 180 Å². The zero-order valence-electron chi connectivity index (χ0n) is 18.0. The Bertz CT molecular complexity index is 869. The van der Waals surface area contributed by atoms with Gasteiger partial charge in [-0.15, -0.1) is 0 Å². The van der Waals surface area contributed by atoms with E-state index in [9.17, 15) is 24.9 Å². The molecule has 2 aliphatic carbocycles. The first-order valence-corrected chi connectivity index (χ1v) is 11.4. The summed E-state index contributed by atoms with van der Waals surface area (Å²) in [6.07, 6.45) is 0.633. The molecule has 2 spiro atoms. The summed E-state index contributed by atoms with van der Waals surface area (Å²) >= 11 is 0. The molecule has 1 unspecified atom stereocenters. The molecule has 6 bridgehead atoms. The van der Waals surface area contributed by atoms with Crippen molar-refractivity contribution < 1.29 is 43.9 Å². The predicted octanol–water partition coefficient (Wildman–Crippen LogP) is 0.0908. The number of aliphatic hydroxyl groups is 3. The van der Waals surface area contributed by atoms with Crippen molar-refractivity contribution in [1.82, 2.24) is 0 Å². The van der Waals surface area contributed by atoms with Crippen molar-refractivity contribution in [3.63, 3.8) is 0 Å². The molecule has 31 heavy (non-hydrogen) atoms. The fourth-order valence-electron chi connectivity index (χ4n) is 7.96. The molecule has 0 aromatic rings. The van der Waals surface area contributed by atoms with Gasteiger partial charge in [-0.3, -0.25) is 9.59 Å². The molecule has 0 aromatic heterocycles. The van der Waals surface area contributed by atoms with Crippen LogP contribution in [0.2, 0.25) is 0 Å². The fraction of sp³-hybridized carbons (Fsp3) is 0.909. The van der Waals surface area contributed by atoms with Gasteiger partial charge in [0, 0.05) is 29.6 Å². The van der Waals surface area contributed by atoms with E-state index in [-0.39, 0.29) is 18.8 Å². The van der Waals surface area contributed by atoms with E-state index in [4.69, 9.17) is 18.9 Å². The van der Waals surface area contributed by atoms with Crippen molar-refractivity contribution in [2.75, 3.05) is 13.2 Å². The van der Waals surface area contributed by atoms with Crippen LogP contribution in [0.25, 0.3) is 0 Å². The van der Waals surface area contributed by atoms with Crippen molar-refractivity contribution >= 4 is 11.8 Å². The molecule has 7 aliphatic rings. The average Bonchev–Trinajstić information content (AvgIpc) is 3.26. The van der Waals surface area contributed by atoms with Gasteiger partial charge in [-0.1, -0.05) is 13.8 Å². The van der Waals surface area contributed by atoms with Gasteiger partial charge < -0.3 is 34.3 Å². The SMILES string of the molecule is CCC(C)C(=O)[C@@H]1[C@@]2(O)O[C@@]3(O)[C@H]4CO[C@]5(CCCO5)[C@@H](O)[C@@]14C[C@H]1[C@@H]2C(=O)O[C@]13C. The lowest BCUT2D eigenvalue weighted by Crippen LogP contribution is -2.89. The molecular weight excluding hydrogens is 408 g/mol. The molecule has 0 aromatic carbocycles. The zero-order chi connectivity index (χ0) is 22.2. The van der Waals surface area contributed by atoms with E-state index in [1.165, 1.54) is 0 Å². The van der Waals surface area contributed by atoms with E-state index in [0.29, 0.717) is 25.9 Å². The molecule has 5 heterocycles. The first-order valence-electron chi connectivity index (χ1n) is 11.4. The van der Waals surface area contributed by atoms with Crippen molar-refractivity contribution in [2.45, 2.75) is 75.5 Å². The second kappa shape index (κ2) is 5.69. The third kappa shape index (κ3) is 1.90. The first kappa shape index (κ1) is 20.5. The molecule has 2 saturated carbocycles. The summed E-state index contributed by atoms with van der Waals surface area (Å²) in [6.45, 7) is 5.62. The minimum atomic E-state index is -2.26. The van der Waals surface area contributed by atoms with Crippen LogP contribution in [0, 0.1) is 35.0 Å². The second-order valence-corrected chi connectivity index (χ2v) is 10.7. The first-order chi connectivity index (χ1) is 14.5. The van der Waals surface area contributed by atoms with E-state index in [0.717, 1.165) is 0 Å². The summed E-state index contributed by atoms with van der Waals surface area (Å²) in [5.74, 6) is -10.8. The van der Waals surface area contributed by atoms with Crippen molar-refractivity contribution in [3.8, 4) is 0 Å². The third-order valence-corrected chi connectivity index (χ3v) is 9.62. The van der Waals surface area contributed by atoms with Crippen LogP contribution in [-0.2, 0) is 28.5 Å². The van der Waals surface area contributed by atoms with Gasteiger partial charge in [0.2, 0.25) is 5.79 Å². The minimum Gasteiger partial charge on any atom is -0.453 e. The summed E-state index contributed by atoms with van der Waals surface area (Å²) in [5, 5.41) is 35.6. The highest BCUT2D eigenvalue weighted by Crippen LogP contribution is 2.77. The molecule has 172 valence electrons. The van der Waals surface area contributed by atoms with Crippen LogP contribution in [-0.4, -0.2) is 69.4 Å². The van der Waals surface area contributed by atoms with Gasteiger partial charge in [0.05, 0.1) is 19.1 Å². The maximum Gasteiger partial charge on any atom is 0.315 e. The number of aliphatic hydroxyl groups excluding tert-OH is 1. The highest BCUT2D eigenvalue weighted by Gasteiger charge is 2.92. The van der Waals surface area contributed by atoms with E-state index in [2.05, 4.69) is 0 Å². The fourth-order valence-corrected chi connectivity index (χ4v) is 7.96. The monoisotopic (exact) mass is 438 g/mol. The standard InChI is InChI=1S/C22H30O9/c1-4-10(2)14(23)15-19-8-11-13-16(24)30-18(11,3)22(27,31-21(13,15)26)12(19)9-29-20(17(19)25)6-5-7-28-20/h10-13,15,17,25-27H,4-9H2,1-3H3/t10?,11-,12-,13+,15-,17-,18+,19+,20+,21-,22-/m0/s1. The largest absolute Gasteiger partial charge is 0.453 e. The summed E-state index contributed by atoms with van der Waals surface area (Å²) < 4.78 is 23.6. The number of ketones is 1. The maximum atomic E-state index is 13.8. The molecule has 5 saturated heterocycles. The smallest absolute Gasteiger partial charge is 0.315 e. The Morgan fingerprint density at radius 1 is 1.29 bits per heavy atom. The second-order valence-electron chi connectivity index (χ2n) is 10.7. The van der Waals surface area contributed by atoms with Gasteiger partial charge in [0.1, 0.15) is 17.8 Å². The molecule has 7 rings (SSSR count). The Balaban J connectivity index is 1.61. The normalized spacial score (nSPS) is 59.7. The molecule has 9 nitrogen and oxygen atoms in total. The van der Waals surface area contributed by atoms with Gasteiger partial charge in [-0.05, 0) is 26.2 Å². The quantitative estimate of drug-likeness (QED) is 0.525. The van der Waals surface area contributed by atoms with Gasteiger partial charge in [-0.25, -0.2) is 0 Å². The minimum absolute atomic E-state index is 0.0432. The van der Waals surface area contributed by atoms with E-state index >= 15 is 0 Å². The van der Waals surface area contributed by atoms with Crippen LogP contribution in [0.5, 0.6) is 0 Å².